The van der Waals surface area contributed by atoms with Gasteiger partial charge in [-0.3, -0.25) is 4.90 Å². The predicted octanol–water partition coefficient (Wildman–Crippen LogP) is 4.24. The van der Waals surface area contributed by atoms with Crippen LogP contribution in [-0.2, 0) is 19.0 Å². The Morgan fingerprint density at radius 1 is 1.16 bits per heavy atom. The van der Waals surface area contributed by atoms with Gasteiger partial charge in [-0.2, -0.15) is 0 Å². The van der Waals surface area contributed by atoms with Crippen LogP contribution >= 0.6 is 0 Å². The number of benzene rings is 1. The number of aliphatic hydroxyl groups excluding tert-OH is 2. The number of cyclic esters (lactones) is 1. The number of aliphatic hydroxyl groups is 2. The molecule has 204 valence electrons. The lowest BCUT2D eigenvalue weighted by atomic mass is 9.68. The maximum Gasteiger partial charge on any atom is 0.345 e. The molecule has 1 saturated carbocycles. The van der Waals surface area contributed by atoms with Crippen LogP contribution in [0, 0.1) is 23.7 Å². The van der Waals surface area contributed by atoms with Gasteiger partial charge < -0.3 is 24.4 Å². The van der Waals surface area contributed by atoms with Gasteiger partial charge in [0.2, 0.25) is 5.76 Å². The third-order valence-corrected chi connectivity index (χ3v) is 9.84. The average Bonchev–Trinajstić information content (AvgIpc) is 3.56. The number of methoxy groups -OCH3 is 1. The Balaban J connectivity index is 1.39. The lowest BCUT2D eigenvalue weighted by Crippen LogP contribution is -2.60. The Hall–Kier alpha value is -2.61. The van der Waals surface area contributed by atoms with E-state index in [1.807, 2.05) is 0 Å². The van der Waals surface area contributed by atoms with Crippen LogP contribution in [0.3, 0.4) is 0 Å². The van der Waals surface area contributed by atoms with Gasteiger partial charge in [0.25, 0.3) is 0 Å². The molecular weight excluding hydrogens is 482 g/mol. The number of hydrogen-bond acceptors (Lipinski definition) is 7. The van der Waals surface area contributed by atoms with Gasteiger partial charge in [0.15, 0.2) is 11.5 Å². The molecule has 0 spiro atoms. The van der Waals surface area contributed by atoms with Crippen molar-refractivity contribution in [3.05, 3.63) is 70.6 Å². The number of esters is 1. The van der Waals surface area contributed by atoms with Crippen LogP contribution in [0.2, 0.25) is 0 Å². The molecule has 3 fully saturated rings. The summed E-state index contributed by atoms with van der Waals surface area (Å²) in [7, 11) is 1.48. The molecule has 38 heavy (non-hydrogen) atoms. The predicted molar refractivity (Wildman–Crippen MR) is 141 cm³/mol. The first-order valence-electron chi connectivity index (χ1n) is 14.2. The van der Waals surface area contributed by atoms with Crippen molar-refractivity contribution in [2.24, 2.45) is 23.7 Å². The Morgan fingerprint density at radius 3 is 2.66 bits per heavy atom. The number of hydrogen-bond donors (Lipinski definition) is 2. The number of carbonyl (C=O) groups excluding carboxylic acids is 1. The fraction of sp³-hybridized carbons (Fsp3) is 0.581. The lowest BCUT2D eigenvalue weighted by molar-refractivity contribution is -0.133. The van der Waals surface area contributed by atoms with Crippen molar-refractivity contribution in [1.29, 1.82) is 0 Å². The van der Waals surface area contributed by atoms with Crippen molar-refractivity contribution in [3.8, 4) is 0 Å². The van der Waals surface area contributed by atoms with E-state index in [2.05, 4.69) is 55.2 Å². The fourth-order valence-corrected chi connectivity index (χ4v) is 8.22. The zero-order valence-electron chi connectivity index (χ0n) is 22.5. The molecule has 7 nitrogen and oxygen atoms in total. The number of ether oxygens (including phenoxy) is 3. The summed E-state index contributed by atoms with van der Waals surface area (Å²) in [6.07, 6.45) is 6.74. The van der Waals surface area contributed by atoms with E-state index >= 15 is 0 Å². The van der Waals surface area contributed by atoms with E-state index in [0.717, 1.165) is 44.4 Å². The summed E-state index contributed by atoms with van der Waals surface area (Å²) in [5, 5.41) is 21.1. The molecular formula is C31H39NO6. The molecule has 2 N–H and O–H groups in total. The molecule has 8 atom stereocenters. The number of nitrogens with zero attached hydrogens (tertiary/aromatic N) is 1. The zero-order chi connectivity index (χ0) is 26.6. The van der Waals surface area contributed by atoms with Crippen molar-refractivity contribution in [1.82, 2.24) is 4.90 Å². The standard InChI is InChI=1S/C31H39NO6/c1-4-24(34)27-20-13-12-19(18-9-6-5-7-10-18)21(20)15-23-26-17(2)28(37-25(26)11-8-14-32(23)27)30-29(36-3)22(16-33)31(35)38-30/h5-7,9-11,17,19-21,23-24,26-27,33-34H,4,8,12-16H2,1-3H3/b30-28+/t17-,19-,20+,21-,23-,24-,26+,27-/m0/s1. The van der Waals surface area contributed by atoms with Gasteiger partial charge in [-0.25, -0.2) is 4.79 Å². The molecule has 0 aromatic heterocycles. The normalized spacial score (nSPS) is 37.6. The van der Waals surface area contributed by atoms with E-state index in [0.29, 0.717) is 23.5 Å². The SMILES string of the molecule is CC[C@H](O)[C@@H]1[C@@H]2CC[C@@H](c3ccccc3)[C@@H]2C[C@H]2[C@@H]3C(=CCCN12)O/C(=C1/OC(=O)C(CO)=C1OC)[C@H]3C. The van der Waals surface area contributed by atoms with Gasteiger partial charge in [-0.1, -0.05) is 44.2 Å². The minimum absolute atomic E-state index is 0.0506. The van der Waals surface area contributed by atoms with Crippen molar-refractivity contribution in [2.45, 2.75) is 70.1 Å². The molecule has 6 rings (SSSR count). The monoisotopic (exact) mass is 521 g/mol. The number of piperidine rings is 1. The fourth-order valence-electron chi connectivity index (χ4n) is 8.22. The zero-order valence-corrected chi connectivity index (χ0v) is 22.5. The number of allylic oxidation sites excluding steroid dienone is 1. The second kappa shape index (κ2) is 10.2. The van der Waals surface area contributed by atoms with Crippen LogP contribution in [0.5, 0.6) is 0 Å². The Morgan fingerprint density at radius 2 is 1.95 bits per heavy atom. The van der Waals surface area contributed by atoms with Crippen molar-refractivity contribution in [3.63, 3.8) is 0 Å². The molecule has 7 heteroatoms. The summed E-state index contributed by atoms with van der Waals surface area (Å²) in [6.45, 7) is 4.68. The van der Waals surface area contributed by atoms with Crippen LogP contribution in [0.25, 0.3) is 0 Å². The van der Waals surface area contributed by atoms with Gasteiger partial charge in [-0.05, 0) is 61.5 Å². The summed E-state index contributed by atoms with van der Waals surface area (Å²) in [6, 6.07) is 11.2. The van der Waals surface area contributed by atoms with E-state index in [1.165, 1.54) is 12.7 Å². The molecule has 4 aliphatic heterocycles. The highest BCUT2D eigenvalue weighted by Crippen LogP contribution is 2.57. The molecule has 0 amide bonds. The van der Waals surface area contributed by atoms with Gasteiger partial charge in [0, 0.05) is 30.5 Å². The second-order valence-electron chi connectivity index (χ2n) is 11.5. The molecule has 0 radical (unpaired) electrons. The van der Waals surface area contributed by atoms with Crippen LogP contribution < -0.4 is 0 Å². The van der Waals surface area contributed by atoms with E-state index in [-0.39, 0.29) is 47.1 Å². The van der Waals surface area contributed by atoms with E-state index in [4.69, 9.17) is 14.2 Å². The van der Waals surface area contributed by atoms with E-state index in [9.17, 15) is 15.0 Å². The van der Waals surface area contributed by atoms with Gasteiger partial charge >= 0.3 is 5.97 Å². The minimum Gasteiger partial charge on any atom is -0.492 e. The Bertz CT molecular complexity index is 1170. The Labute approximate surface area is 224 Å². The van der Waals surface area contributed by atoms with Crippen LogP contribution in [0.1, 0.15) is 57.4 Å². The van der Waals surface area contributed by atoms with Crippen molar-refractivity contribution < 1.29 is 29.2 Å². The molecule has 5 aliphatic rings. The average molecular weight is 522 g/mol. The number of rotatable bonds is 5. The summed E-state index contributed by atoms with van der Waals surface area (Å²) in [4.78, 5) is 15.0. The highest BCUT2D eigenvalue weighted by molar-refractivity contribution is 5.94. The molecule has 4 heterocycles. The van der Waals surface area contributed by atoms with Gasteiger partial charge in [-0.15, -0.1) is 0 Å². The maximum atomic E-state index is 12.4. The quantitative estimate of drug-likeness (QED) is 0.561. The summed E-state index contributed by atoms with van der Waals surface area (Å²) in [5.41, 5.74) is 1.53. The van der Waals surface area contributed by atoms with Gasteiger partial charge in [0.05, 0.1) is 19.8 Å². The molecule has 1 aromatic carbocycles. The number of carbonyl (C=O) groups is 1. The van der Waals surface area contributed by atoms with Crippen molar-refractivity contribution >= 4 is 5.97 Å². The first kappa shape index (κ1) is 25.7. The van der Waals surface area contributed by atoms with E-state index in [1.54, 1.807) is 0 Å². The van der Waals surface area contributed by atoms with Gasteiger partial charge in [0.1, 0.15) is 11.3 Å². The second-order valence-corrected chi connectivity index (χ2v) is 11.5. The summed E-state index contributed by atoms with van der Waals surface area (Å²) >= 11 is 0. The lowest BCUT2D eigenvalue weighted by Gasteiger charge is -2.52. The first-order valence-corrected chi connectivity index (χ1v) is 14.2. The van der Waals surface area contributed by atoms with E-state index < -0.39 is 12.6 Å². The topological polar surface area (TPSA) is 88.5 Å². The van der Waals surface area contributed by atoms with Crippen LogP contribution in [0.15, 0.2) is 65.0 Å². The van der Waals surface area contributed by atoms with Crippen molar-refractivity contribution in [2.75, 3.05) is 20.3 Å². The molecule has 1 aliphatic carbocycles. The maximum absolute atomic E-state index is 12.4. The van der Waals surface area contributed by atoms with Crippen LogP contribution in [0.4, 0.5) is 0 Å². The van der Waals surface area contributed by atoms with Crippen LogP contribution in [-0.4, -0.2) is 59.5 Å². The number of fused-ring (bicyclic) bond motifs is 4. The molecule has 2 saturated heterocycles. The molecule has 0 unspecified atom stereocenters. The first-order chi connectivity index (χ1) is 18.5. The largest absolute Gasteiger partial charge is 0.492 e. The minimum atomic E-state index is -0.589. The highest BCUT2D eigenvalue weighted by atomic mass is 16.6. The molecule has 1 aromatic rings. The Kier molecular flexibility index (Phi) is 6.87. The smallest absolute Gasteiger partial charge is 0.345 e. The third kappa shape index (κ3) is 3.93. The third-order valence-electron chi connectivity index (χ3n) is 9.84. The summed E-state index contributed by atoms with van der Waals surface area (Å²) < 4.78 is 17.6. The molecule has 0 bridgehead atoms. The highest BCUT2D eigenvalue weighted by Gasteiger charge is 2.56. The summed E-state index contributed by atoms with van der Waals surface area (Å²) in [5.74, 6) is 2.96.